The van der Waals surface area contributed by atoms with E-state index in [-0.39, 0.29) is 16.5 Å². The Labute approximate surface area is 123 Å². The van der Waals surface area contributed by atoms with E-state index in [4.69, 9.17) is 9.52 Å². The van der Waals surface area contributed by atoms with Gasteiger partial charge in [-0.15, -0.1) is 0 Å². The molecular weight excluding hydrogens is 298 g/mol. The van der Waals surface area contributed by atoms with E-state index in [9.17, 15) is 14.9 Å². The molecule has 0 aromatic carbocycles. The van der Waals surface area contributed by atoms with Gasteiger partial charge in [0.15, 0.2) is 10.1 Å². The summed E-state index contributed by atoms with van der Waals surface area (Å²) < 4.78 is 6.67. The first-order valence-electron chi connectivity index (χ1n) is 6.16. The summed E-state index contributed by atoms with van der Waals surface area (Å²) in [6.45, 7) is 4.04. The maximum Gasteiger partial charge on any atom is 0.371 e. The first-order valence-corrected chi connectivity index (χ1v) is 6.98. The fraction of sp³-hybridized carbons (Fsp3) is 0.333. The molecule has 2 rings (SSSR count). The van der Waals surface area contributed by atoms with Crippen molar-refractivity contribution in [3.8, 4) is 0 Å². The number of furan rings is 1. The predicted molar refractivity (Wildman–Crippen MR) is 73.7 cm³/mol. The fourth-order valence-corrected chi connectivity index (χ4v) is 2.83. The Balaban J connectivity index is 2.40. The first kappa shape index (κ1) is 15.1. The number of hydrogen-bond acceptors (Lipinski definition) is 6. The molecule has 0 bridgehead atoms. The normalized spacial score (nSPS) is 10.8. The summed E-state index contributed by atoms with van der Waals surface area (Å²) >= 11 is 0.997. The molecule has 0 fully saturated rings. The van der Waals surface area contributed by atoms with Gasteiger partial charge < -0.3 is 9.52 Å². The summed E-state index contributed by atoms with van der Waals surface area (Å²) in [5.41, 5.74) is 0.239. The highest BCUT2D eigenvalue weighted by Crippen LogP contribution is 2.37. The van der Waals surface area contributed by atoms with E-state index in [1.165, 1.54) is 12.1 Å². The lowest BCUT2D eigenvalue weighted by atomic mass is 10.4. The lowest BCUT2D eigenvalue weighted by Gasteiger charge is -2.02. The largest absolute Gasteiger partial charge is 0.475 e. The van der Waals surface area contributed by atoms with Crippen molar-refractivity contribution in [1.29, 1.82) is 0 Å². The molecule has 0 amide bonds. The van der Waals surface area contributed by atoms with Gasteiger partial charge in [0.1, 0.15) is 5.69 Å². The average Bonchev–Trinajstić information content (AvgIpc) is 2.96. The summed E-state index contributed by atoms with van der Waals surface area (Å²) in [5.74, 6) is -1.40. The summed E-state index contributed by atoms with van der Waals surface area (Å²) in [4.78, 5) is 21.5. The van der Waals surface area contributed by atoms with Crippen molar-refractivity contribution >= 4 is 23.4 Å². The predicted octanol–water partition coefficient (Wildman–Crippen LogP) is 2.95. The van der Waals surface area contributed by atoms with Gasteiger partial charge in [0.25, 0.3) is 0 Å². The van der Waals surface area contributed by atoms with Crippen molar-refractivity contribution in [3.63, 3.8) is 0 Å². The summed E-state index contributed by atoms with van der Waals surface area (Å²) in [5, 5.41) is 24.8. The molecule has 21 heavy (non-hydrogen) atoms. The van der Waals surface area contributed by atoms with Crippen LogP contribution in [0.1, 0.15) is 29.6 Å². The van der Waals surface area contributed by atoms with E-state index in [0.29, 0.717) is 17.3 Å². The number of nitro groups is 1. The van der Waals surface area contributed by atoms with Gasteiger partial charge in [0, 0.05) is 6.54 Å². The van der Waals surface area contributed by atoms with Crippen molar-refractivity contribution in [2.24, 2.45) is 0 Å². The van der Waals surface area contributed by atoms with E-state index in [0.717, 1.165) is 18.2 Å². The second-order valence-corrected chi connectivity index (χ2v) is 5.24. The van der Waals surface area contributed by atoms with Crippen LogP contribution in [-0.4, -0.2) is 25.8 Å². The van der Waals surface area contributed by atoms with Crippen molar-refractivity contribution < 1.29 is 19.2 Å². The van der Waals surface area contributed by atoms with Gasteiger partial charge in [-0.3, -0.25) is 14.8 Å². The number of aromatic nitrogens is 2. The molecule has 0 radical (unpaired) electrons. The van der Waals surface area contributed by atoms with Crippen molar-refractivity contribution in [1.82, 2.24) is 9.78 Å². The molecule has 2 heterocycles. The van der Waals surface area contributed by atoms with Crippen molar-refractivity contribution in [3.05, 3.63) is 33.7 Å². The molecule has 0 saturated carbocycles. The second-order valence-electron chi connectivity index (χ2n) is 4.25. The van der Waals surface area contributed by atoms with Crippen LogP contribution >= 0.6 is 11.8 Å². The smallest absolute Gasteiger partial charge is 0.371 e. The maximum atomic E-state index is 11.2. The van der Waals surface area contributed by atoms with E-state index in [2.05, 4.69) is 5.10 Å². The first-order chi connectivity index (χ1) is 9.93. The van der Waals surface area contributed by atoms with Gasteiger partial charge in [0.05, 0.1) is 4.92 Å². The topological polar surface area (TPSA) is 111 Å². The Morgan fingerprint density at radius 1 is 1.57 bits per heavy atom. The highest BCUT2D eigenvalue weighted by molar-refractivity contribution is 7.99. The molecule has 0 aliphatic carbocycles. The van der Waals surface area contributed by atoms with Gasteiger partial charge in [-0.05, 0) is 37.2 Å². The zero-order valence-electron chi connectivity index (χ0n) is 11.4. The third-order valence-corrected chi connectivity index (χ3v) is 3.68. The minimum absolute atomic E-state index is 0.0817. The number of carbonyl (C=O) groups is 1. The van der Waals surface area contributed by atoms with Crippen molar-refractivity contribution in [2.45, 2.75) is 36.9 Å². The molecular formula is C12H13N3O5S. The molecule has 112 valence electrons. The zero-order chi connectivity index (χ0) is 15.6. The zero-order valence-corrected chi connectivity index (χ0v) is 12.2. The Bertz CT molecular complexity index is 691. The molecule has 2 aromatic rings. The SMILES string of the molecule is CCCn1nc(C)c([N+](=O)[O-])c1Sc1ccc(C(=O)O)o1. The standard InChI is InChI=1S/C12H13N3O5S/c1-3-6-14-11(10(15(18)19)7(2)13-14)21-9-5-4-8(20-9)12(16)17/h4-5H,3,6H2,1-2H3,(H,16,17). The molecule has 2 aromatic heterocycles. The number of aromatic carboxylic acids is 1. The van der Waals surface area contributed by atoms with Crippen LogP contribution in [0.5, 0.6) is 0 Å². The Morgan fingerprint density at radius 3 is 2.81 bits per heavy atom. The van der Waals surface area contributed by atoms with Gasteiger partial charge in [-0.1, -0.05) is 6.92 Å². The average molecular weight is 311 g/mol. The summed E-state index contributed by atoms with van der Waals surface area (Å²) in [6.07, 6.45) is 0.768. The van der Waals surface area contributed by atoms with Gasteiger partial charge in [-0.2, -0.15) is 5.10 Å². The molecule has 0 atom stereocenters. The van der Waals surface area contributed by atoms with E-state index in [1.54, 1.807) is 11.6 Å². The number of carboxylic acids is 1. The Morgan fingerprint density at radius 2 is 2.29 bits per heavy atom. The van der Waals surface area contributed by atoms with Crippen LogP contribution in [0.4, 0.5) is 5.69 Å². The number of rotatable bonds is 6. The Hall–Kier alpha value is -2.29. The molecule has 0 aliphatic rings. The third kappa shape index (κ3) is 3.07. The molecule has 0 aliphatic heterocycles. The van der Waals surface area contributed by atoms with Crippen LogP contribution in [0, 0.1) is 17.0 Å². The quantitative estimate of drug-likeness (QED) is 0.644. The highest BCUT2D eigenvalue weighted by Gasteiger charge is 2.27. The van der Waals surface area contributed by atoms with E-state index in [1.807, 2.05) is 6.92 Å². The van der Waals surface area contributed by atoms with Crippen LogP contribution in [0.25, 0.3) is 0 Å². The van der Waals surface area contributed by atoms with Crippen LogP contribution in [0.15, 0.2) is 26.7 Å². The van der Waals surface area contributed by atoms with Crippen molar-refractivity contribution in [2.75, 3.05) is 0 Å². The molecule has 0 unspecified atom stereocenters. The van der Waals surface area contributed by atoms with Gasteiger partial charge in [-0.25, -0.2) is 4.79 Å². The van der Waals surface area contributed by atoms with E-state index >= 15 is 0 Å². The lowest BCUT2D eigenvalue weighted by Crippen LogP contribution is -2.01. The van der Waals surface area contributed by atoms with Gasteiger partial charge in [0.2, 0.25) is 5.76 Å². The molecule has 8 nitrogen and oxygen atoms in total. The van der Waals surface area contributed by atoms with Crippen LogP contribution in [0.2, 0.25) is 0 Å². The Kier molecular flexibility index (Phi) is 4.32. The third-order valence-electron chi connectivity index (χ3n) is 2.66. The fourth-order valence-electron chi connectivity index (χ4n) is 1.81. The number of hydrogen-bond donors (Lipinski definition) is 1. The minimum Gasteiger partial charge on any atom is -0.475 e. The molecule has 0 saturated heterocycles. The van der Waals surface area contributed by atoms with Crippen LogP contribution in [0.3, 0.4) is 0 Å². The number of aryl methyl sites for hydroxylation is 2. The summed E-state index contributed by atoms with van der Waals surface area (Å²) in [7, 11) is 0. The van der Waals surface area contributed by atoms with Crippen LogP contribution in [-0.2, 0) is 6.54 Å². The summed E-state index contributed by atoms with van der Waals surface area (Å²) in [6, 6.07) is 2.78. The van der Waals surface area contributed by atoms with Gasteiger partial charge >= 0.3 is 11.7 Å². The maximum absolute atomic E-state index is 11.2. The second kappa shape index (κ2) is 6.00. The molecule has 0 spiro atoms. The van der Waals surface area contributed by atoms with E-state index < -0.39 is 10.9 Å². The lowest BCUT2D eigenvalue weighted by molar-refractivity contribution is -0.388. The number of carboxylic acid groups (broad SMARTS) is 1. The minimum atomic E-state index is -1.19. The monoisotopic (exact) mass is 311 g/mol. The van der Waals surface area contributed by atoms with Crippen LogP contribution < -0.4 is 0 Å². The highest BCUT2D eigenvalue weighted by atomic mass is 32.2. The number of nitrogens with zero attached hydrogens (tertiary/aromatic N) is 3. The molecule has 9 heteroatoms. The molecule has 1 N–H and O–H groups in total.